The van der Waals surface area contributed by atoms with Gasteiger partial charge in [-0.1, -0.05) is 65.0 Å². The summed E-state index contributed by atoms with van der Waals surface area (Å²) < 4.78 is 0. The Balaban J connectivity index is 2.12. The molecule has 2 heteroatoms. The van der Waals surface area contributed by atoms with E-state index >= 15 is 0 Å². The number of rotatable bonds is 4. The fraction of sp³-hybridized carbons (Fsp3) is 0.375. The van der Waals surface area contributed by atoms with Gasteiger partial charge in [0.2, 0.25) is 0 Å². The molecular weight excluding hydrogens is 336 g/mol. The maximum Gasteiger partial charge on any atom is 0.143 e. The fourth-order valence-corrected chi connectivity index (χ4v) is 4.78. The van der Waals surface area contributed by atoms with E-state index in [-0.39, 0.29) is 10.8 Å². The van der Waals surface area contributed by atoms with E-state index in [1.165, 1.54) is 16.0 Å². The molecule has 1 unspecified atom stereocenters. The van der Waals surface area contributed by atoms with E-state index < -0.39 is 0 Å². The molecule has 0 fully saturated rings. The van der Waals surface area contributed by atoms with Crippen molar-refractivity contribution >= 4 is 23.6 Å². The van der Waals surface area contributed by atoms with E-state index in [1.807, 2.05) is 0 Å². The molecule has 2 aromatic rings. The lowest BCUT2D eigenvalue weighted by Gasteiger charge is -2.32. The van der Waals surface area contributed by atoms with Crippen molar-refractivity contribution in [1.29, 1.82) is 0 Å². The third kappa shape index (κ3) is 2.95. The first-order chi connectivity index (χ1) is 12.2. The van der Waals surface area contributed by atoms with Crippen molar-refractivity contribution < 1.29 is 4.79 Å². The summed E-state index contributed by atoms with van der Waals surface area (Å²) in [5.41, 5.74) is 6.30. The molecule has 0 radical (unpaired) electrons. The Bertz CT molecular complexity index is 856. The minimum absolute atomic E-state index is 0.115. The molecule has 26 heavy (non-hydrogen) atoms. The van der Waals surface area contributed by atoms with Crippen LogP contribution in [0.15, 0.2) is 53.4 Å². The summed E-state index contributed by atoms with van der Waals surface area (Å²) in [5.74, 6) is 0.555. The standard InChI is InChI=1S/C24H28OS/c1-16-23(2,3)21-12-9-18(15-22(21)24(16,4)5)20(13-14-25)17-7-10-19(26-6)11-8-17/h7-16H,1-6H3. The first-order valence-electron chi connectivity index (χ1n) is 9.18. The van der Waals surface area contributed by atoms with Gasteiger partial charge in [0.1, 0.15) is 6.29 Å². The van der Waals surface area contributed by atoms with Crippen LogP contribution in [-0.4, -0.2) is 12.5 Å². The van der Waals surface area contributed by atoms with Gasteiger partial charge in [-0.25, -0.2) is 0 Å². The molecule has 0 saturated carbocycles. The molecule has 1 aliphatic carbocycles. The van der Waals surface area contributed by atoms with Crippen molar-refractivity contribution in [2.24, 2.45) is 5.92 Å². The van der Waals surface area contributed by atoms with Crippen LogP contribution in [0.25, 0.3) is 5.57 Å². The Morgan fingerprint density at radius 1 is 0.923 bits per heavy atom. The third-order valence-corrected chi connectivity index (χ3v) is 7.26. The van der Waals surface area contributed by atoms with Crippen LogP contribution < -0.4 is 0 Å². The number of carbonyl (C=O) groups is 1. The average Bonchev–Trinajstić information content (AvgIpc) is 2.77. The van der Waals surface area contributed by atoms with Gasteiger partial charge >= 0.3 is 0 Å². The van der Waals surface area contributed by atoms with E-state index in [2.05, 4.69) is 83.3 Å². The Kier molecular flexibility index (Phi) is 4.92. The number of hydrogen-bond donors (Lipinski definition) is 0. The van der Waals surface area contributed by atoms with Gasteiger partial charge in [0.25, 0.3) is 0 Å². The number of benzene rings is 2. The van der Waals surface area contributed by atoms with Crippen LogP contribution in [0, 0.1) is 5.92 Å². The van der Waals surface area contributed by atoms with E-state index in [9.17, 15) is 4.79 Å². The predicted molar refractivity (Wildman–Crippen MR) is 113 cm³/mol. The smallest absolute Gasteiger partial charge is 0.143 e. The van der Waals surface area contributed by atoms with Gasteiger partial charge in [-0.05, 0) is 69.0 Å². The molecule has 0 aromatic heterocycles. The molecule has 0 spiro atoms. The fourth-order valence-electron chi connectivity index (χ4n) is 4.37. The highest BCUT2D eigenvalue weighted by Gasteiger charge is 2.48. The van der Waals surface area contributed by atoms with Crippen LogP contribution in [0.2, 0.25) is 0 Å². The van der Waals surface area contributed by atoms with Gasteiger partial charge in [-0.2, -0.15) is 0 Å². The van der Waals surface area contributed by atoms with Gasteiger partial charge in [0.05, 0.1) is 0 Å². The molecule has 1 aliphatic rings. The minimum atomic E-state index is 0.115. The highest BCUT2D eigenvalue weighted by molar-refractivity contribution is 7.98. The minimum Gasteiger partial charge on any atom is -0.299 e. The average molecular weight is 365 g/mol. The zero-order valence-electron chi connectivity index (χ0n) is 16.6. The quantitative estimate of drug-likeness (QED) is 0.363. The Morgan fingerprint density at radius 2 is 1.50 bits per heavy atom. The molecular formula is C24H28OS. The van der Waals surface area contributed by atoms with Crippen LogP contribution in [0.1, 0.15) is 56.9 Å². The molecule has 0 amide bonds. The van der Waals surface area contributed by atoms with Crippen molar-refractivity contribution in [3.8, 4) is 0 Å². The number of aldehydes is 1. The third-order valence-electron chi connectivity index (χ3n) is 6.52. The lowest BCUT2D eigenvalue weighted by Crippen LogP contribution is -2.30. The topological polar surface area (TPSA) is 17.1 Å². The maximum absolute atomic E-state index is 11.3. The van der Waals surface area contributed by atoms with Crippen LogP contribution in [0.3, 0.4) is 0 Å². The van der Waals surface area contributed by atoms with Gasteiger partial charge in [0.15, 0.2) is 0 Å². The molecule has 1 atom stereocenters. The Morgan fingerprint density at radius 3 is 2.08 bits per heavy atom. The van der Waals surface area contributed by atoms with Crippen LogP contribution in [0.5, 0.6) is 0 Å². The van der Waals surface area contributed by atoms with Crippen molar-refractivity contribution in [2.75, 3.05) is 6.26 Å². The van der Waals surface area contributed by atoms with Crippen molar-refractivity contribution in [3.63, 3.8) is 0 Å². The highest BCUT2D eigenvalue weighted by atomic mass is 32.2. The second kappa shape index (κ2) is 6.74. The van der Waals surface area contributed by atoms with Gasteiger partial charge in [-0.3, -0.25) is 4.79 Å². The second-order valence-corrected chi connectivity index (χ2v) is 9.25. The first-order valence-corrected chi connectivity index (χ1v) is 10.4. The van der Waals surface area contributed by atoms with Gasteiger partial charge in [0, 0.05) is 4.90 Å². The molecule has 0 N–H and O–H groups in total. The molecule has 0 aliphatic heterocycles. The lowest BCUT2D eigenvalue weighted by molar-refractivity contribution is -0.104. The number of thioether (sulfide) groups is 1. The molecule has 136 valence electrons. The summed E-state index contributed by atoms with van der Waals surface area (Å²) in [4.78, 5) is 12.5. The van der Waals surface area contributed by atoms with E-state index in [0.717, 1.165) is 23.0 Å². The summed E-state index contributed by atoms with van der Waals surface area (Å²) in [6.07, 6.45) is 4.65. The summed E-state index contributed by atoms with van der Waals surface area (Å²) in [6, 6.07) is 15.2. The molecule has 0 saturated heterocycles. The lowest BCUT2D eigenvalue weighted by atomic mass is 9.71. The molecule has 3 rings (SSSR count). The van der Waals surface area contributed by atoms with Crippen LogP contribution in [-0.2, 0) is 15.6 Å². The van der Waals surface area contributed by atoms with Gasteiger partial charge < -0.3 is 0 Å². The summed E-state index contributed by atoms with van der Waals surface area (Å²) in [6.45, 7) is 11.7. The highest BCUT2D eigenvalue weighted by Crippen LogP contribution is 2.54. The van der Waals surface area contributed by atoms with Crippen LogP contribution >= 0.6 is 11.8 Å². The number of allylic oxidation sites excluding steroid dienone is 1. The molecule has 0 bridgehead atoms. The molecule has 0 heterocycles. The Hall–Kier alpha value is -1.80. The van der Waals surface area contributed by atoms with E-state index in [4.69, 9.17) is 0 Å². The molecule has 1 nitrogen and oxygen atoms in total. The molecule has 2 aromatic carbocycles. The number of hydrogen-bond acceptors (Lipinski definition) is 2. The first kappa shape index (κ1) is 19.0. The summed E-state index contributed by atoms with van der Waals surface area (Å²) in [7, 11) is 0. The summed E-state index contributed by atoms with van der Waals surface area (Å²) >= 11 is 1.73. The zero-order valence-corrected chi connectivity index (χ0v) is 17.4. The normalized spacial score (nSPS) is 20.7. The number of carbonyl (C=O) groups excluding carboxylic acids is 1. The van der Waals surface area contributed by atoms with Crippen molar-refractivity contribution in [1.82, 2.24) is 0 Å². The largest absolute Gasteiger partial charge is 0.299 e. The predicted octanol–water partition coefficient (Wildman–Crippen LogP) is 6.24. The van der Waals surface area contributed by atoms with Crippen molar-refractivity contribution in [3.05, 3.63) is 70.8 Å². The second-order valence-electron chi connectivity index (χ2n) is 8.37. The maximum atomic E-state index is 11.3. The monoisotopic (exact) mass is 364 g/mol. The number of fused-ring (bicyclic) bond motifs is 1. The summed E-state index contributed by atoms with van der Waals surface area (Å²) in [5, 5.41) is 0. The Labute approximate surface area is 161 Å². The van der Waals surface area contributed by atoms with Crippen LogP contribution in [0.4, 0.5) is 0 Å². The zero-order chi connectivity index (χ0) is 19.1. The SMILES string of the molecule is CSc1ccc(C(=CC=O)c2ccc3c(c2)C(C)(C)C(C)C3(C)C)cc1. The van der Waals surface area contributed by atoms with E-state index in [1.54, 1.807) is 17.8 Å². The van der Waals surface area contributed by atoms with Gasteiger partial charge in [-0.15, -0.1) is 11.8 Å². The van der Waals surface area contributed by atoms with Crippen molar-refractivity contribution in [2.45, 2.75) is 50.3 Å². The van der Waals surface area contributed by atoms with E-state index in [0.29, 0.717) is 5.92 Å².